The largest absolute Gasteiger partial charge is 0.478 e. The Balaban J connectivity index is 2.56. The first-order valence-electron chi connectivity index (χ1n) is 9.14. The maximum absolute atomic E-state index is 14.8. The number of hydrogen-bond donors (Lipinski definition) is 2. The number of halogens is 1. The van der Waals surface area contributed by atoms with Gasteiger partial charge in [-0.25, -0.2) is 14.0 Å². The second-order valence-electron chi connectivity index (χ2n) is 8.97. The molecule has 2 aromatic rings. The normalized spacial score (nSPS) is 12.1. The van der Waals surface area contributed by atoms with E-state index in [-0.39, 0.29) is 16.7 Å². The van der Waals surface area contributed by atoms with Crippen LogP contribution in [0, 0.1) is 12.7 Å². The summed E-state index contributed by atoms with van der Waals surface area (Å²) in [5.74, 6) is -2.75. The number of benzene rings is 2. The van der Waals surface area contributed by atoms with E-state index in [1.54, 1.807) is 32.9 Å². The molecule has 2 N–H and O–H groups in total. The van der Waals surface area contributed by atoms with Crippen molar-refractivity contribution in [1.29, 1.82) is 0 Å². The fourth-order valence-electron chi connectivity index (χ4n) is 3.73. The number of aryl methyl sites for hydroxylation is 1. The molecule has 0 fully saturated rings. The maximum Gasteiger partial charge on any atom is 0.336 e. The third-order valence-corrected chi connectivity index (χ3v) is 4.91. The van der Waals surface area contributed by atoms with E-state index in [0.29, 0.717) is 17.5 Å². The second-order valence-corrected chi connectivity index (χ2v) is 8.97. The minimum atomic E-state index is -1.18. The molecule has 0 radical (unpaired) electrons. The van der Waals surface area contributed by atoms with Gasteiger partial charge in [0.2, 0.25) is 0 Å². The first kappa shape index (κ1) is 21.6. The highest BCUT2D eigenvalue weighted by Gasteiger charge is 2.30. The molecule has 2 aromatic carbocycles. The van der Waals surface area contributed by atoms with Crippen LogP contribution in [-0.4, -0.2) is 22.2 Å². The zero-order valence-corrected chi connectivity index (χ0v) is 17.2. The number of hydrogen-bond acceptors (Lipinski definition) is 2. The Hall–Kier alpha value is -2.69. The van der Waals surface area contributed by atoms with Crippen molar-refractivity contribution in [3.8, 4) is 0 Å². The van der Waals surface area contributed by atoms with Crippen LogP contribution in [0.25, 0.3) is 0 Å². The van der Waals surface area contributed by atoms with E-state index in [0.717, 1.165) is 5.56 Å². The van der Waals surface area contributed by atoms with Crippen molar-refractivity contribution in [1.82, 2.24) is 0 Å². The molecule has 0 unspecified atom stereocenters. The highest BCUT2D eigenvalue weighted by Crippen LogP contribution is 2.34. The Morgan fingerprint density at radius 1 is 0.929 bits per heavy atom. The zero-order valence-electron chi connectivity index (χ0n) is 17.2. The average molecular weight is 386 g/mol. The monoisotopic (exact) mass is 386 g/mol. The van der Waals surface area contributed by atoms with Gasteiger partial charge in [0.25, 0.3) is 0 Å². The van der Waals surface area contributed by atoms with Gasteiger partial charge in [-0.2, -0.15) is 0 Å². The molecular formula is C23H27FO4. The molecule has 0 bridgehead atoms. The fourth-order valence-corrected chi connectivity index (χ4v) is 3.73. The Kier molecular flexibility index (Phi) is 5.69. The average Bonchev–Trinajstić information content (AvgIpc) is 2.51. The van der Waals surface area contributed by atoms with Crippen molar-refractivity contribution in [3.05, 3.63) is 69.5 Å². The van der Waals surface area contributed by atoms with Gasteiger partial charge in [-0.15, -0.1) is 0 Å². The number of carboxylic acids is 2. The van der Waals surface area contributed by atoms with Gasteiger partial charge in [0.05, 0.1) is 11.1 Å². The third kappa shape index (κ3) is 4.41. The highest BCUT2D eigenvalue weighted by molar-refractivity contribution is 5.91. The van der Waals surface area contributed by atoms with Crippen molar-refractivity contribution >= 4 is 11.9 Å². The SMILES string of the molecule is Cc1ccc(C(C)(C)Cc2cc(F)c(C(C)(C)C)c(C(=O)O)c2)c(C(=O)O)c1. The molecule has 0 saturated heterocycles. The lowest BCUT2D eigenvalue weighted by Gasteiger charge is -2.29. The lowest BCUT2D eigenvalue weighted by molar-refractivity contribution is 0.0683. The molecule has 0 aliphatic rings. The molecule has 0 aromatic heterocycles. The van der Waals surface area contributed by atoms with Gasteiger partial charge in [0.1, 0.15) is 5.82 Å². The molecule has 28 heavy (non-hydrogen) atoms. The van der Waals surface area contributed by atoms with E-state index in [1.807, 2.05) is 26.8 Å². The van der Waals surface area contributed by atoms with Gasteiger partial charge >= 0.3 is 11.9 Å². The topological polar surface area (TPSA) is 74.6 Å². The molecule has 0 saturated carbocycles. The summed E-state index contributed by atoms with van der Waals surface area (Å²) < 4.78 is 14.8. The van der Waals surface area contributed by atoms with Crippen molar-refractivity contribution in [2.24, 2.45) is 0 Å². The van der Waals surface area contributed by atoms with E-state index in [2.05, 4.69) is 0 Å². The van der Waals surface area contributed by atoms with Crippen LogP contribution in [0.15, 0.2) is 30.3 Å². The molecule has 0 heterocycles. The predicted octanol–water partition coefficient (Wildman–Crippen LogP) is 5.35. The molecule has 0 spiro atoms. The van der Waals surface area contributed by atoms with Crippen LogP contribution >= 0.6 is 0 Å². The Morgan fingerprint density at radius 2 is 1.50 bits per heavy atom. The van der Waals surface area contributed by atoms with Crippen LogP contribution in [0.4, 0.5) is 4.39 Å². The Labute approximate surface area is 165 Å². The van der Waals surface area contributed by atoms with E-state index in [1.165, 1.54) is 12.1 Å². The zero-order chi connectivity index (χ0) is 21.4. The van der Waals surface area contributed by atoms with E-state index >= 15 is 0 Å². The molecular weight excluding hydrogens is 359 g/mol. The maximum atomic E-state index is 14.8. The Morgan fingerprint density at radius 3 is 2.00 bits per heavy atom. The van der Waals surface area contributed by atoms with Crippen molar-refractivity contribution in [3.63, 3.8) is 0 Å². The van der Waals surface area contributed by atoms with Crippen LogP contribution < -0.4 is 0 Å². The van der Waals surface area contributed by atoms with E-state index in [9.17, 15) is 24.2 Å². The van der Waals surface area contributed by atoms with Crippen molar-refractivity contribution in [2.45, 2.75) is 58.8 Å². The van der Waals surface area contributed by atoms with Crippen LogP contribution in [0.5, 0.6) is 0 Å². The minimum absolute atomic E-state index is 0.0549. The number of aromatic carboxylic acids is 2. The van der Waals surface area contributed by atoms with Gasteiger partial charge < -0.3 is 10.2 Å². The first-order valence-corrected chi connectivity index (χ1v) is 9.14. The summed E-state index contributed by atoms with van der Waals surface area (Å²) in [6.45, 7) is 10.9. The molecule has 0 aliphatic carbocycles. The van der Waals surface area contributed by atoms with Gasteiger partial charge in [-0.05, 0) is 53.5 Å². The summed E-state index contributed by atoms with van der Waals surface area (Å²) >= 11 is 0. The predicted molar refractivity (Wildman–Crippen MR) is 107 cm³/mol. The van der Waals surface area contributed by atoms with Crippen molar-refractivity contribution in [2.75, 3.05) is 0 Å². The summed E-state index contributed by atoms with van der Waals surface area (Å²) in [6, 6.07) is 8.10. The lowest BCUT2D eigenvalue weighted by atomic mass is 9.75. The third-order valence-electron chi connectivity index (χ3n) is 4.91. The molecule has 5 heteroatoms. The number of carboxylic acid groups (broad SMARTS) is 2. The minimum Gasteiger partial charge on any atom is -0.478 e. The standard InChI is InChI=1S/C23H27FO4/c1-13-7-8-17(15(9-13)20(25)26)23(5,6)12-14-10-16(21(27)28)19(18(24)11-14)22(2,3)4/h7-11H,12H2,1-6H3,(H,25,26)(H,27,28). The quantitative estimate of drug-likeness (QED) is 0.726. The van der Waals surface area contributed by atoms with Gasteiger partial charge in [-0.3, -0.25) is 0 Å². The van der Waals surface area contributed by atoms with Crippen LogP contribution in [0.3, 0.4) is 0 Å². The first-order chi connectivity index (χ1) is 12.7. The summed E-state index contributed by atoms with van der Waals surface area (Å²) in [5.41, 5.74) is 1.02. The van der Waals surface area contributed by atoms with Crippen molar-refractivity contribution < 1.29 is 24.2 Å². The van der Waals surface area contributed by atoms with Crippen LogP contribution in [0.2, 0.25) is 0 Å². The Bertz CT molecular complexity index is 936. The summed E-state index contributed by atoms with van der Waals surface area (Å²) in [5, 5.41) is 19.2. The fraction of sp³-hybridized carbons (Fsp3) is 0.391. The molecule has 150 valence electrons. The second kappa shape index (κ2) is 7.38. The van der Waals surface area contributed by atoms with E-state index < -0.39 is 28.6 Å². The molecule has 0 amide bonds. The molecule has 4 nitrogen and oxygen atoms in total. The van der Waals surface area contributed by atoms with Crippen LogP contribution in [-0.2, 0) is 17.3 Å². The highest BCUT2D eigenvalue weighted by atomic mass is 19.1. The summed E-state index contributed by atoms with van der Waals surface area (Å²) in [7, 11) is 0. The smallest absolute Gasteiger partial charge is 0.336 e. The summed E-state index contributed by atoms with van der Waals surface area (Å²) in [4.78, 5) is 23.4. The number of rotatable bonds is 5. The van der Waals surface area contributed by atoms with Crippen LogP contribution in [0.1, 0.15) is 77.6 Å². The van der Waals surface area contributed by atoms with Gasteiger partial charge in [0.15, 0.2) is 0 Å². The van der Waals surface area contributed by atoms with Gasteiger partial charge in [0, 0.05) is 5.56 Å². The molecule has 0 aliphatic heterocycles. The van der Waals surface area contributed by atoms with E-state index in [4.69, 9.17) is 0 Å². The molecule has 0 atom stereocenters. The number of carbonyl (C=O) groups is 2. The summed E-state index contributed by atoms with van der Waals surface area (Å²) in [6.07, 6.45) is 0.304. The lowest BCUT2D eigenvalue weighted by Crippen LogP contribution is -2.25. The molecule has 2 rings (SSSR count). The van der Waals surface area contributed by atoms with Gasteiger partial charge in [-0.1, -0.05) is 52.3 Å².